The molecule has 0 aliphatic carbocycles. The van der Waals surface area contributed by atoms with Crippen LogP contribution < -0.4 is 0 Å². The molecule has 1 aliphatic rings. The molecule has 2 unspecified atom stereocenters. The lowest BCUT2D eigenvalue weighted by molar-refractivity contribution is -0.00712. The second-order valence-corrected chi connectivity index (χ2v) is 8.58. The van der Waals surface area contributed by atoms with Gasteiger partial charge < -0.3 is 4.74 Å². The van der Waals surface area contributed by atoms with Gasteiger partial charge in [-0.3, -0.25) is 0 Å². The van der Waals surface area contributed by atoms with E-state index in [1.165, 1.54) is 4.70 Å². The van der Waals surface area contributed by atoms with Crippen LogP contribution in [0.3, 0.4) is 0 Å². The van der Waals surface area contributed by atoms with Gasteiger partial charge in [0.1, 0.15) is 0 Å². The summed E-state index contributed by atoms with van der Waals surface area (Å²) in [6.45, 7) is 6.89. The second kappa shape index (κ2) is 5.88. The first-order valence-corrected chi connectivity index (χ1v) is 8.94. The summed E-state index contributed by atoms with van der Waals surface area (Å²) in [5, 5.41) is 0. The van der Waals surface area contributed by atoms with Crippen LogP contribution >= 0.6 is 23.3 Å². The predicted molar refractivity (Wildman–Crippen MR) is 90.9 cm³/mol. The van der Waals surface area contributed by atoms with Gasteiger partial charge in [-0.2, -0.15) is 0 Å². The molecule has 1 saturated heterocycles. The van der Waals surface area contributed by atoms with Gasteiger partial charge in [0.2, 0.25) is 0 Å². The normalized spacial score (nSPS) is 26.3. The van der Waals surface area contributed by atoms with Crippen LogP contribution in [0.5, 0.6) is 0 Å². The van der Waals surface area contributed by atoms with E-state index in [1.54, 1.807) is 23.3 Å². The highest BCUT2D eigenvalue weighted by molar-refractivity contribution is 7.99. The highest BCUT2D eigenvalue weighted by Crippen LogP contribution is 2.42. The van der Waals surface area contributed by atoms with Gasteiger partial charge in [-0.05, 0) is 57.7 Å². The molecule has 2 heterocycles. The van der Waals surface area contributed by atoms with Crippen molar-refractivity contribution in [1.29, 1.82) is 0 Å². The van der Waals surface area contributed by atoms with Gasteiger partial charge >= 0.3 is 0 Å². The molecule has 0 saturated carbocycles. The number of piperidine rings is 1. The molecule has 3 nitrogen and oxygen atoms in total. The lowest BCUT2D eigenvalue weighted by Crippen LogP contribution is -2.52. The number of aromatic nitrogens is 1. The Morgan fingerprint density at radius 3 is 2.81 bits per heavy atom. The van der Waals surface area contributed by atoms with E-state index in [1.807, 2.05) is 13.2 Å². The second-order valence-electron chi connectivity index (χ2n) is 6.32. The van der Waals surface area contributed by atoms with Crippen LogP contribution in [0.25, 0.3) is 10.2 Å². The number of hydrogen-bond acceptors (Lipinski definition) is 5. The lowest BCUT2D eigenvalue weighted by atomic mass is 9.87. The Bertz CT molecular complexity index is 593. The van der Waals surface area contributed by atoms with Gasteiger partial charge in [0, 0.05) is 18.7 Å². The highest BCUT2D eigenvalue weighted by atomic mass is 32.2. The van der Waals surface area contributed by atoms with Crippen LogP contribution in [0.4, 0.5) is 0 Å². The maximum atomic E-state index is 5.59. The van der Waals surface area contributed by atoms with Crippen molar-refractivity contribution in [2.45, 2.75) is 55.6 Å². The molecular weight excluding hydrogens is 300 g/mol. The summed E-state index contributed by atoms with van der Waals surface area (Å²) in [4.78, 5) is 4.75. The summed E-state index contributed by atoms with van der Waals surface area (Å²) in [7, 11) is 1.82. The highest BCUT2D eigenvalue weighted by Gasteiger charge is 2.40. The molecule has 1 fully saturated rings. The summed E-state index contributed by atoms with van der Waals surface area (Å²) in [5.41, 5.74) is 1.21. The zero-order valence-corrected chi connectivity index (χ0v) is 14.6. The molecule has 2 aromatic rings. The minimum Gasteiger partial charge on any atom is -0.381 e. The van der Waals surface area contributed by atoms with Gasteiger partial charge in [0.05, 0.1) is 16.3 Å². The van der Waals surface area contributed by atoms with Crippen molar-refractivity contribution < 1.29 is 4.74 Å². The first-order valence-electron chi connectivity index (χ1n) is 7.35. The molecule has 1 aromatic heterocycles. The third kappa shape index (κ3) is 3.11. The Balaban J connectivity index is 1.82. The fraction of sp³-hybridized carbons (Fsp3) is 0.562. The average molecular weight is 322 g/mol. The standard InChI is InChI=1S/C16H22N2OS2/c1-11-9-12(19-4)10-16(2,3)18(11)21-15-17-13-7-5-6-8-14(13)20-15/h5-8,11-12H,9-10H2,1-4H3. The van der Waals surface area contributed by atoms with Crippen LogP contribution in [0.15, 0.2) is 28.6 Å². The largest absolute Gasteiger partial charge is 0.381 e. The number of rotatable bonds is 3. The number of nitrogens with zero attached hydrogens (tertiary/aromatic N) is 2. The molecule has 0 amide bonds. The summed E-state index contributed by atoms with van der Waals surface area (Å²) < 4.78 is 10.5. The van der Waals surface area contributed by atoms with E-state index in [4.69, 9.17) is 9.72 Å². The third-order valence-electron chi connectivity index (χ3n) is 4.11. The van der Waals surface area contributed by atoms with Gasteiger partial charge in [0.15, 0.2) is 4.34 Å². The molecule has 5 heteroatoms. The molecule has 21 heavy (non-hydrogen) atoms. The number of thiazole rings is 1. The molecule has 1 aliphatic heterocycles. The van der Waals surface area contributed by atoms with E-state index < -0.39 is 0 Å². The SMILES string of the molecule is COC1CC(C)N(Sc2nc3ccccc3s2)C(C)(C)C1. The maximum Gasteiger partial charge on any atom is 0.166 e. The van der Waals surface area contributed by atoms with E-state index in [9.17, 15) is 0 Å². The summed E-state index contributed by atoms with van der Waals surface area (Å²) >= 11 is 3.58. The average Bonchev–Trinajstić information content (AvgIpc) is 2.84. The summed E-state index contributed by atoms with van der Waals surface area (Å²) in [6.07, 6.45) is 2.51. The molecule has 114 valence electrons. The smallest absolute Gasteiger partial charge is 0.166 e. The van der Waals surface area contributed by atoms with Crippen LogP contribution in [-0.2, 0) is 4.74 Å². The Morgan fingerprint density at radius 2 is 2.14 bits per heavy atom. The van der Waals surface area contributed by atoms with Crippen molar-refractivity contribution in [2.24, 2.45) is 0 Å². The zero-order valence-electron chi connectivity index (χ0n) is 13.0. The molecule has 2 atom stereocenters. The van der Waals surface area contributed by atoms with Crippen molar-refractivity contribution in [1.82, 2.24) is 9.29 Å². The maximum absolute atomic E-state index is 5.59. The van der Waals surface area contributed by atoms with Crippen LogP contribution in [0.2, 0.25) is 0 Å². The molecule has 0 spiro atoms. The Kier molecular flexibility index (Phi) is 4.28. The van der Waals surface area contributed by atoms with Gasteiger partial charge in [-0.25, -0.2) is 9.29 Å². The number of hydrogen-bond donors (Lipinski definition) is 0. The first kappa shape index (κ1) is 15.3. The minimum absolute atomic E-state index is 0.112. The lowest BCUT2D eigenvalue weighted by Gasteiger charge is -2.47. The van der Waals surface area contributed by atoms with Crippen molar-refractivity contribution in [3.8, 4) is 0 Å². The monoisotopic (exact) mass is 322 g/mol. The van der Waals surface area contributed by atoms with Gasteiger partial charge in [-0.15, -0.1) is 11.3 Å². The van der Waals surface area contributed by atoms with Gasteiger partial charge in [0.25, 0.3) is 0 Å². The zero-order chi connectivity index (χ0) is 15.0. The van der Waals surface area contributed by atoms with E-state index in [-0.39, 0.29) is 5.54 Å². The third-order valence-corrected chi connectivity index (χ3v) is 6.72. The minimum atomic E-state index is 0.112. The van der Waals surface area contributed by atoms with Crippen LogP contribution in [0, 0.1) is 0 Å². The number of methoxy groups -OCH3 is 1. The van der Waals surface area contributed by atoms with Crippen molar-refractivity contribution in [2.75, 3.05) is 7.11 Å². The van der Waals surface area contributed by atoms with E-state index in [2.05, 4.69) is 43.3 Å². The Morgan fingerprint density at radius 1 is 1.38 bits per heavy atom. The van der Waals surface area contributed by atoms with Crippen molar-refractivity contribution in [3.63, 3.8) is 0 Å². The van der Waals surface area contributed by atoms with E-state index in [0.717, 1.165) is 22.7 Å². The Labute approximate surface area is 134 Å². The first-order chi connectivity index (χ1) is 9.99. The van der Waals surface area contributed by atoms with E-state index >= 15 is 0 Å². The molecule has 0 N–H and O–H groups in total. The molecule has 0 bridgehead atoms. The molecule has 1 aromatic carbocycles. The number of para-hydroxylation sites is 1. The van der Waals surface area contributed by atoms with E-state index in [0.29, 0.717) is 12.1 Å². The fourth-order valence-electron chi connectivity index (χ4n) is 3.17. The van der Waals surface area contributed by atoms with Crippen molar-refractivity contribution >= 4 is 33.5 Å². The summed E-state index contributed by atoms with van der Waals surface area (Å²) in [6, 6.07) is 8.83. The number of ether oxygens (including phenoxy) is 1. The molecule has 3 rings (SSSR count). The predicted octanol–water partition coefficient (Wildman–Crippen LogP) is 4.58. The van der Waals surface area contributed by atoms with Gasteiger partial charge in [-0.1, -0.05) is 12.1 Å². The van der Waals surface area contributed by atoms with Crippen molar-refractivity contribution in [3.05, 3.63) is 24.3 Å². The molecule has 0 radical (unpaired) electrons. The quantitative estimate of drug-likeness (QED) is 0.772. The van der Waals surface area contributed by atoms with Crippen LogP contribution in [0.1, 0.15) is 33.6 Å². The fourth-order valence-corrected chi connectivity index (χ4v) is 5.42. The number of benzene rings is 1. The summed E-state index contributed by atoms with van der Waals surface area (Å²) in [5.74, 6) is 0. The molecular formula is C16H22N2OS2. The number of fused-ring (bicyclic) bond motifs is 1. The topological polar surface area (TPSA) is 25.4 Å². The Hall–Kier alpha value is -0.620. The van der Waals surface area contributed by atoms with Crippen LogP contribution in [-0.4, -0.2) is 34.1 Å².